The highest BCUT2D eigenvalue weighted by Crippen LogP contribution is 2.06. The Bertz CT molecular complexity index is 433. The normalized spacial score (nSPS) is 11.0. The number of rotatable bonds is 3. The summed E-state index contributed by atoms with van der Waals surface area (Å²) in [5.41, 5.74) is 8.51. The Kier molecular flexibility index (Phi) is 2.45. The van der Waals surface area contributed by atoms with Crippen LogP contribution < -0.4 is 5.73 Å². The van der Waals surface area contributed by atoms with E-state index in [1.807, 2.05) is 12.3 Å². The minimum absolute atomic E-state index is 0.506. The maximum atomic E-state index is 5.53. The van der Waals surface area contributed by atoms with Gasteiger partial charge in [-0.25, -0.2) is 9.50 Å². The van der Waals surface area contributed by atoms with Crippen LogP contribution in [0.4, 0.5) is 0 Å². The second kappa shape index (κ2) is 3.75. The fraction of sp³-hybridized carbons (Fsp3) is 0.400. The summed E-state index contributed by atoms with van der Waals surface area (Å²) in [4.78, 5) is 4.28. The Labute approximate surface area is 82.8 Å². The molecular formula is C10H14N4. The molecule has 0 saturated carbocycles. The summed E-state index contributed by atoms with van der Waals surface area (Å²) in [6.07, 6.45) is 5.84. The molecule has 14 heavy (non-hydrogen) atoms. The Morgan fingerprint density at radius 1 is 1.50 bits per heavy atom. The monoisotopic (exact) mass is 190 g/mol. The lowest BCUT2D eigenvalue weighted by Crippen LogP contribution is -2.00. The first-order chi connectivity index (χ1) is 6.83. The van der Waals surface area contributed by atoms with Crippen LogP contribution in [0, 0.1) is 0 Å². The van der Waals surface area contributed by atoms with Crippen LogP contribution in [-0.2, 0) is 13.0 Å². The van der Waals surface area contributed by atoms with E-state index in [0.717, 1.165) is 29.7 Å². The maximum absolute atomic E-state index is 5.53. The Morgan fingerprint density at radius 3 is 3.07 bits per heavy atom. The number of aryl methyl sites for hydroxylation is 1. The van der Waals surface area contributed by atoms with Crippen LogP contribution in [0.5, 0.6) is 0 Å². The molecule has 0 aliphatic carbocycles. The van der Waals surface area contributed by atoms with Gasteiger partial charge in [-0.3, -0.25) is 0 Å². The molecule has 4 heteroatoms. The van der Waals surface area contributed by atoms with E-state index in [1.165, 1.54) is 0 Å². The highest BCUT2D eigenvalue weighted by Gasteiger charge is 2.01. The lowest BCUT2D eigenvalue weighted by molar-refractivity contribution is 0.825. The average molecular weight is 190 g/mol. The molecule has 0 bridgehead atoms. The van der Waals surface area contributed by atoms with Crippen molar-refractivity contribution in [3.63, 3.8) is 0 Å². The minimum Gasteiger partial charge on any atom is -0.326 e. The molecule has 0 aliphatic rings. The van der Waals surface area contributed by atoms with Crippen LogP contribution in [-0.4, -0.2) is 14.6 Å². The van der Waals surface area contributed by atoms with Gasteiger partial charge < -0.3 is 5.73 Å². The summed E-state index contributed by atoms with van der Waals surface area (Å²) >= 11 is 0. The van der Waals surface area contributed by atoms with Gasteiger partial charge in [-0.05, 0) is 6.42 Å². The molecule has 0 radical (unpaired) electrons. The molecule has 0 saturated heterocycles. The molecule has 0 atom stereocenters. The fourth-order valence-corrected chi connectivity index (χ4v) is 1.45. The molecule has 74 valence electrons. The van der Waals surface area contributed by atoms with Gasteiger partial charge in [0.05, 0.1) is 5.69 Å². The highest BCUT2D eigenvalue weighted by atomic mass is 15.2. The van der Waals surface area contributed by atoms with E-state index in [1.54, 1.807) is 10.7 Å². The third-order valence-corrected chi connectivity index (χ3v) is 2.16. The Hall–Kier alpha value is -1.42. The van der Waals surface area contributed by atoms with Crippen molar-refractivity contribution in [2.75, 3.05) is 0 Å². The molecule has 2 aromatic heterocycles. The van der Waals surface area contributed by atoms with E-state index in [-0.39, 0.29) is 0 Å². The van der Waals surface area contributed by atoms with Crippen molar-refractivity contribution in [3.05, 3.63) is 29.7 Å². The van der Waals surface area contributed by atoms with Crippen molar-refractivity contribution >= 4 is 5.65 Å². The van der Waals surface area contributed by atoms with Crippen molar-refractivity contribution in [3.8, 4) is 0 Å². The van der Waals surface area contributed by atoms with E-state index in [0.29, 0.717) is 6.54 Å². The summed E-state index contributed by atoms with van der Waals surface area (Å²) < 4.78 is 1.80. The molecule has 0 aliphatic heterocycles. The topological polar surface area (TPSA) is 56.2 Å². The first-order valence-electron chi connectivity index (χ1n) is 4.86. The van der Waals surface area contributed by atoms with Crippen LogP contribution in [0.2, 0.25) is 0 Å². The zero-order chi connectivity index (χ0) is 9.97. The molecule has 4 nitrogen and oxygen atoms in total. The van der Waals surface area contributed by atoms with Crippen molar-refractivity contribution in [2.45, 2.75) is 26.3 Å². The van der Waals surface area contributed by atoms with Gasteiger partial charge >= 0.3 is 0 Å². The lowest BCUT2D eigenvalue weighted by atomic mass is 10.2. The predicted molar refractivity (Wildman–Crippen MR) is 54.9 cm³/mol. The Balaban J connectivity index is 2.43. The number of aromatic nitrogens is 3. The van der Waals surface area contributed by atoms with Gasteiger partial charge in [0, 0.05) is 30.6 Å². The highest BCUT2D eigenvalue weighted by molar-refractivity contribution is 5.39. The number of hydrogen-bond donors (Lipinski definition) is 1. The van der Waals surface area contributed by atoms with Crippen LogP contribution >= 0.6 is 0 Å². The van der Waals surface area contributed by atoms with Crippen LogP contribution in [0.15, 0.2) is 18.5 Å². The molecule has 0 amide bonds. The number of fused-ring (bicyclic) bond motifs is 1. The van der Waals surface area contributed by atoms with E-state index in [9.17, 15) is 0 Å². The molecular weight excluding hydrogens is 176 g/mol. The molecule has 0 aromatic carbocycles. The minimum atomic E-state index is 0.506. The molecule has 0 unspecified atom stereocenters. The molecule has 0 fully saturated rings. The zero-order valence-corrected chi connectivity index (χ0v) is 8.27. The third-order valence-electron chi connectivity index (χ3n) is 2.16. The number of hydrogen-bond acceptors (Lipinski definition) is 3. The summed E-state index contributed by atoms with van der Waals surface area (Å²) in [7, 11) is 0. The Morgan fingerprint density at radius 2 is 2.36 bits per heavy atom. The number of nitrogens with two attached hydrogens (primary N) is 1. The van der Waals surface area contributed by atoms with Crippen molar-refractivity contribution in [2.24, 2.45) is 5.73 Å². The van der Waals surface area contributed by atoms with E-state index in [2.05, 4.69) is 17.0 Å². The summed E-state index contributed by atoms with van der Waals surface area (Å²) in [6, 6.07) is 2.02. The van der Waals surface area contributed by atoms with Gasteiger partial charge in [0.25, 0.3) is 0 Å². The van der Waals surface area contributed by atoms with Crippen molar-refractivity contribution in [1.82, 2.24) is 14.6 Å². The second-order valence-corrected chi connectivity index (χ2v) is 3.35. The summed E-state index contributed by atoms with van der Waals surface area (Å²) in [5.74, 6) is 0. The average Bonchev–Trinajstić information content (AvgIpc) is 2.59. The standard InChI is InChI=1S/C10H14N4/c1-2-3-9-4-10-12-6-8(5-11)7-14(10)13-9/h4,6-7H,2-3,5,11H2,1H3. The molecule has 2 heterocycles. The van der Waals surface area contributed by atoms with Crippen LogP contribution in [0.1, 0.15) is 24.6 Å². The molecule has 2 rings (SSSR count). The quantitative estimate of drug-likeness (QED) is 0.789. The van der Waals surface area contributed by atoms with Gasteiger partial charge in [-0.15, -0.1) is 0 Å². The first kappa shape index (κ1) is 9.15. The summed E-state index contributed by atoms with van der Waals surface area (Å²) in [6.45, 7) is 2.65. The van der Waals surface area contributed by atoms with Crippen LogP contribution in [0.3, 0.4) is 0 Å². The molecule has 2 aromatic rings. The van der Waals surface area contributed by atoms with Gasteiger partial charge in [-0.2, -0.15) is 5.10 Å². The van der Waals surface area contributed by atoms with E-state index in [4.69, 9.17) is 5.73 Å². The predicted octanol–water partition coefficient (Wildman–Crippen LogP) is 1.14. The van der Waals surface area contributed by atoms with Gasteiger partial charge in [-0.1, -0.05) is 13.3 Å². The number of nitrogens with zero attached hydrogens (tertiary/aromatic N) is 3. The van der Waals surface area contributed by atoms with E-state index < -0.39 is 0 Å². The van der Waals surface area contributed by atoms with Crippen molar-refractivity contribution < 1.29 is 0 Å². The van der Waals surface area contributed by atoms with Gasteiger partial charge in [0.2, 0.25) is 0 Å². The fourth-order valence-electron chi connectivity index (χ4n) is 1.45. The maximum Gasteiger partial charge on any atom is 0.155 e. The largest absolute Gasteiger partial charge is 0.326 e. The summed E-state index contributed by atoms with van der Waals surface area (Å²) in [5, 5.41) is 4.41. The lowest BCUT2D eigenvalue weighted by Gasteiger charge is -1.95. The molecule has 0 spiro atoms. The van der Waals surface area contributed by atoms with Crippen LogP contribution in [0.25, 0.3) is 5.65 Å². The SMILES string of the molecule is CCCc1cc2ncc(CN)cn2n1. The third kappa shape index (κ3) is 1.61. The van der Waals surface area contributed by atoms with Crippen molar-refractivity contribution in [1.29, 1.82) is 0 Å². The second-order valence-electron chi connectivity index (χ2n) is 3.35. The van der Waals surface area contributed by atoms with E-state index >= 15 is 0 Å². The smallest absolute Gasteiger partial charge is 0.155 e. The zero-order valence-electron chi connectivity index (χ0n) is 8.27. The first-order valence-corrected chi connectivity index (χ1v) is 4.86. The van der Waals surface area contributed by atoms with Gasteiger partial charge in [0.1, 0.15) is 0 Å². The molecule has 2 N–H and O–H groups in total. The van der Waals surface area contributed by atoms with Gasteiger partial charge in [0.15, 0.2) is 5.65 Å².